The van der Waals surface area contributed by atoms with Crippen LogP contribution in [0.2, 0.25) is 0 Å². The van der Waals surface area contributed by atoms with Gasteiger partial charge in [0.15, 0.2) is 0 Å². The molecule has 3 N–H and O–H groups in total. The molecule has 7 nitrogen and oxygen atoms in total. The summed E-state index contributed by atoms with van der Waals surface area (Å²) >= 11 is 0. The van der Waals surface area contributed by atoms with E-state index in [1.807, 2.05) is 0 Å². The molecule has 1 unspecified atom stereocenters. The van der Waals surface area contributed by atoms with Crippen molar-refractivity contribution in [1.82, 2.24) is 10.6 Å². The normalized spacial score (nSPS) is 11.8. The number of carbonyl (C=O) groups is 2. The van der Waals surface area contributed by atoms with Crippen LogP contribution in [-0.2, 0) is 17.3 Å². The number of urea groups is 1. The molecule has 0 aliphatic heterocycles. The molecule has 100 valence electrons. The molecule has 0 saturated carbocycles. The molecule has 0 spiro atoms. The number of carboxylic acid groups (broad SMARTS) is 1. The lowest BCUT2D eigenvalue weighted by molar-refractivity contribution is 0.0660. The Morgan fingerprint density at radius 1 is 1.39 bits per heavy atom. The largest absolute Gasteiger partial charge is 0.475 e. The maximum atomic E-state index is 11.3. The maximum absolute atomic E-state index is 11.3. The molecule has 8 heteroatoms. The Morgan fingerprint density at radius 3 is 2.67 bits per heavy atom. The molecule has 0 aliphatic rings. The molecule has 2 amide bonds. The Morgan fingerprint density at radius 2 is 2.11 bits per heavy atom. The average Bonchev–Trinajstić information content (AvgIpc) is 2.74. The number of carboxylic acids is 1. The predicted molar refractivity (Wildman–Crippen MR) is 64.8 cm³/mol. The van der Waals surface area contributed by atoms with Crippen LogP contribution in [0.3, 0.4) is 0 Å². The first-order chi connectivity index (χ1) is 8.49. The third kappa shape index (κ3) is 5.00. The van der Waals surface area contributed by atoms with Crippen LogP contribution in [0.25, 0.3) is 0 Å². The number of nitrogens with one attached hydrogen (secondary N) is 2. The van der Waals surface area contributed by atoms with Crippen molar-refractivity contribution in [3.05, 3.63) is 23.7 Å². The lowest BCUT2D eigenvalue weighted by atomic mass is 10.4. The summed E-state index contributed by atoms with van der Waals surface area (Å²) in [4.78, 5) is 21.8. The number of rotatable bonds is 6. The van der Waals surface area contributed by atoms with Crippen molar-refractivity contribution < 1.29 is 23.3 Å². The van der Waals surface area contributed by atoms with Gasteiger partial charge in [-0.1, -0.05) is 0 Å². The second-order valence-corrected chi connectivity index (χ2v) is 5.01. The predicted octanol–water partition coefficient (Wildman–Crippen LogP) is 0.155. The first-order valence-electron chi connectivity index (χ1n) is 5.13. The first kappa shape index (κ1) is 14.2. The standard InChI is InChI=1S/C10H14N2O5S/c1-18(16)5-4-11-10(15)12-6-7-2-3-8(17-7)9(13)14/h2-3H,4-6H2,1H3,(H,13,14)(H2,11,12,15). The summed E-state index contributed by atoms with van der Waals surface area (Å²) in [5.41, 5.74) is 0. The van der Waals surface area contributed by atoms with Crippen molar-refractivity contribution in [2.24, 2.45) is 0 Å². The first-order valence-corrected chi connectivity index (χ1v) is 6.85. The number of hydrogen-bond acceptors (Lipinski definition) is 4. The SMILES string of the molecule is CS(=O)CCNC(=O)NCc1ccc(C(=O)O)o1. The van der Waals surface area contributed by atoms with Gasteiger partial charge in [0.05, 0.1) is 6.54 Å². The van der Waals surface area contributed by atoms with Crippen LogP contribution in [-0.4, -0.2) is 39.9 Å². The van der Waals surface area contributed by atoms with Crippen LogP contribution >= 0.6 is 0 Å². The number of furan rings is 1. The Balaban J connectivity index is 2.29. The van der Waals surface area contributed by atoms with E-state index in [0.717, 1.165) is 0 Å². The van der Waals surface area contributed by atoms with E-state index in [4.69, 9.17) is 9.52 Å². The van der Waals surface area contributed by atoms with Crippen molar-refractivity contribution in [3.63, 3.8) is 0 Å². The molecular formula is C10H14N2O5S. The monoisotopic (exact) mass is 274 g/mol. The summed E-state index contributed by atoms with van der Waals surface area (Å²) in [6, 6.07) is 2.37. The summed E-state index contributed by atoms with van der Waals surface area (Å²) in [6.07, 6.45) is 1.55. The minimum atomic E-state index is -1.16. The summed E-state index contributed by atoms with van der Waals surface area (Å²) in [5.74, 6) is -0.594. The molecule has 0 fully saturated rings. The van der Waals surface area contributed by atoms with Crippen molar-refractivity contribution in [3.8, 4) is 0 Å². The molecule has 0 aromatic carbocycles. The minimum absolute atomic E-state index is 0.0916. The van der Waals surface area contributed by atoms with Gasteiger partial charge in [0.1, 0.15) is 5.76 Å². The third-order valence-corrected chi connectivity index (χ3v) is 2.75. The Labute approximate surface area is 106 Å². The molecule has 1 aromatic rings. The highest BCUT2D eigenvalue weighted by Crippen LogP contribution is 2.07. The van der Waals surface area contributed by atoms with Gasteiger partial charge < -0.3 is 20.2 Å². The molecule has 1 atom stereocenters. The van der Waals surface area contributed by atoms with Crippen LogP contribution < -0.4 is 10.6 Å². The summed E-state index contributed by atoms with van der Waals surface area (Å²) in [5, 5.41) is 13.6. The van der Waals surface area contributed by atoms with E-state index in [2.05, 4.69) is 10.6 Å². The summed E-state index contributed by atoms with van der Waals surface area (Å²) < 4.78 is 15.7. The summed E-state index contributed by atoms with van der Waals surface area (Å²) in [7, 11) is -0.950. The maximum Gasteiger partial charge on any atom is 0.371 e. The molecule has 1 rings (SSSR count). The zero-order chi connectivity index (χ0) is 13.5. The topological polar surface area (TPSA) is 109 Å². The zero-order valence-corrected chi connectivity index (χ0v) is 10.6. The Kier molecular flexibility index (Phi) is 5.37. The molecular weight excluding hydrogens is 260 g/mol. The fourth-order valence-electron chi connectivity index (χ4n) is 1.13. The van der Waals surface area contributed by atoms with E-state index in [1.54, 1.807) is 6.26 Å². The highest BCUT2D eigenvalue weighted by atomic mass is 32.2. The average molecular weight is 274 g/mol. The van der Waals surface area contributed by atoms with Gasteiger partial charge in [0.2, 0.25) is 5.76 Å². The lowest BCUT2D eigenvalue weighted by Crippen LogP contribution is -2.36. The molecule has 0 aliphatic carbocycles. The lowest BCUT2D eigenvalue weighted by Gasteiger charge is -2.05. The summed E-state index contributed by atoms with van der Waals surface area (Å²) in [6.45, 7) is 0.405. The van der Waals surface area contributed by atoms with Gasteiger partial charge in [-0.05, 0) is 12.1 Å². The molecule has 0 saturated heterocycles. The quantitative estimate of drug-likeness (QED) is 0.684. The van der Waals surface area contributed by atoms with E-state index >= 15 is 0 Å². The van der Waals surface area contributed by atoms with Gasteiger partial charge in [0, 0.05) is 29.4 Å². The van der Waals surface area contributed by atoms with Gasteiger partial charge in [-0.3, -0.25) is 4.21 Å². The Bertz CT molecular complexity index is 457. The molecule has 0 radical (unpaired) electrons. The smallest absolute Gasteiger partial charge is 0.371 e. The molecule has 18 heavy (non-hydrogen) atoms. The molecule has 0 bridgehead atoms. The number of hydrogen-bond donors (Lipinski definition) is 3. The van der Waals surface area contributed by atoms with E-state index < -0.39 is 22.8 Å². The van der Waals surface area contributed by atoms with E-state index in [1.165, 1.54) is 12.1 Å². The van der Waals surface area contributed by atoms with Crippen LogP contribution in [0.15, 0.2) is 16.5 Å². The second-order valence-electron chi connectivity index (χ2n) is 3.46. The van der Waals surface area contributed by atoms with E-state index in [0.29, 0.717) is 18.1 Å². The van der Waals surface area contributed by atoms with Crippen molar-refractivity contribution in [2.45, 2.75) is 6.54 Å². The Hall–Kier alpha value is -1.83. The van der Waals surface area contributed by atoms with Crippen LogP contribution in [0.1, 0.15) is 16.3 Å². The van der Waals surface area contributed by atoms with Gasteiger partial charge in [-0.15, -0.1) is 0 Å². The number of amides is 2. The minimum Gasteiger partial charge on any atom is -0.475 e. The third-order valence-electron chi connectivity index (χ3n) is 1.97. The van der Waals surface area contributed by atoms with Gasteiger partial charge in [-0.2, -0.15) is 0 Å². The van der Waals surface area contributed by atoms with Gasteiger partial charge in [-0.25, -0.2) is 9.59 Å². The van der Waals surface area contributed by atoms with Crippen LogP contribution in [0.5, 0.6) is 0 Å². The highest BCUT2D eigenvalue weighted by molar-refractivity contribution is 7.84. The van der Waals surface area contributed by atoms with Gasteiger partial charge in [0.25, 0.3) is 0 Å². The second kappa shape index (κ2) is 6.80. The fourth-order valence-corrected chi connectivity index (χ4v) is 1.52. The zero-order valence-electron chi connectivity index (χ0n) is 9.76. The van der Waals surface area contributed by atoms with E-state index in [9.17, 15) is 13.8 Å². The number of aromatic carboxylic acids is 1. The fraction of sp³-hybridized carbons (Fsp3) is 0.400. The van der Waals surface area contributed by atoms with Crippen molar-refractivity contribution in [1.29, 1.82) is 0 Å². The van der Waals surface area contributed by atoms with Crippen LogP contribution in [0, 0.1) is 0 Å². The highest BCUT2D eigenvalue weighted by Gasteiger charge is 2.09. The van der Waals surface area contributed by atoms with Crippen LogP contribution in [0.4, 0.5) is 4.79 Å². The molecule has 1 aromatic heterocycles. The molecule has 1 heterocycles. The van der Waals surface area contributed by atoms with Crippen molar-refractivity contribution >= 4 is 22.8 Å². The van der Waals surface area contributed by atoms with Crippen molar-refractivity contribution in [2.75, 3.05) is 18.6 Å². The van der Waals surface area contributed by atoms with Gasteiger partial charge >= 0.3 is 12.0 Å². The number of carbonyl (C=O) groups excluding carboxylic acids is 1. The van der Waals surface area contributed by atoms with E-state index in [-0.39, 0.29) is 12.3 Å².